The van der Waals surface area contributed by atoms with Crippen LogP contribution in [0.15, 0.2) is 42.6 Å². The Morgan fingerprint density at radius 2 is 1.95 bits per heavy atom. The van der Waals surface area contributed by atoms with Crippen LogP contribution in [0.2, 0.25) is 0 Å². The minimum Gasteiger partial charge on any atom is -0.340 e. The smallest absolute Gasteiger partial charge is 0.227 e. The second-order valence-corrected chi connectivity index (χ2v) is 6.06. The fraction of sp³-hybridized carbons (Fsp3) is 0.333. The van der Waals surface area contributed by atoms with Gasteiger partial charge in [-0.1, -0.05) is 32.0 Å². The zero-order chi connectivity index (χ0) is 15.5. The number of pyridine rings is 1. The number of carbonyl (C=O) groups is 1. The van der Waals surface area contributed by atoms with Gasteiger partial charge in [0, 0.05) is 11.6 Å². The quantitative estimate of drug-likeness (QED) is 0.864. The molecule has 1 heterocycles. The molecule has 1 saturated carbocycles. The number of amides is 1. The Morgan fingerprint density at radius 1 is 1.18 bits per heavy atom. The third-order valence-electron chi connectivity index (χ3n) is 3.82. The maximum absolute atomic E-state index is 11.7. The average molecular weight is 295 g/mol. The van der Waals surface area contributed by atoms with Crippen LogP contribution in [0.25, 0.3) is 0 Å². The Labute approximate surface area is 131 Å². The molecule has 0 bridgehead atoms. The van der Waals surface area contributed by atoms with Crippen LogP contribution in [0, 0.1) is 5.92 Å². The minimum absolute atomic E-state index is 0.104. The van der Waals surface area contributed by atoms with Crippen LogP contribution in [0.1, 0.15) is 38.2 Å². The number of hydrogen-bond donors (Lipinski definition) is 2. The molecule has 0 spiro atoms. The maximum atomic E-state index is 11.7. The Kier molecular flexibility index (Phi) is 4.09. The first kappa shape index (κ1) is 14.6. The van der Waals surface area contributed by atoms with Crippen molar-refractivity contribution in [2.75, 3.05) is 10.6 Å². The van der Waals surface area contributed by atoms with E-state index in [0.717, 1.165) is 30.0 Å². The largest absolute Gasteiger partial charge is 0.340 e. The van der Waals surface area contributed by atoms with Gasteiger partial charge in [-0.2, -0.15) is 0 Å². The van der Waals surface area contributed by atoms with Gasteiger partial charge in [0.1, 0.15) is 5.82 Å². The third kappa shape index (κ3) is 3.45. The summed E-state index contributed by atoms with van der Waals surface area (Å²) in [6.45, 7) is 4.34. The van der Waals surface area contributed by atoms with Crippen molar-refractivity contribution >= 4 is 23.1 Å². The van der Waals surface area contributed by atoms with Crippen molar-refractivity contribution in [3.63, 3.8) is 0 Å². The van der Waals surface area contributed by atoms with E-state index < -0.39 is 0 Å². The zero-order valence-electron chi connectivity index (χ0n) is 13.0. The van der Waals surface area contributed by atoms with Crippen LogP contribution in [-0.4, -0.2) is 10.9 Å². The first-order valence-corrected chi connectivity index (χ1v) is 7.76. The molecule has 0 saturated heterocycles. The van der Waals surface area contributed by atoms with Crippen LogP contribution < -0.4 is 10.6 Å². The highest BCUT2D eigenvalue weighted by molar-refractivity contribution is 5.93. The van der Waals surface area contributed by atoms with Gasteiger partial charge in [0.15, 0.2) is 0 Å². The lowest BCUT2D eigenvalue weighted by atomic mass is 10.0. The standard InChI is InChI=1S/C18H21N3O/c1-12(2)15-5-3-4-6-16(15)21-17-10-9-14(11-19-17)20-18(22)13-7-8-13/h3-6,9-13H,7-8H2,1-2H3,(H,19,21)(H,20,22). The summed E-state index contributed by atoms with van der Waals surface area (Å²) in [5.41, 5.74) is 3.08. The van der Waals surface area contributed by atoms with Gasteiger partial charge in [-0.05, 0) is 42.5 Å². The maximum Gasteiger partial charge on any atom is 0.227 e. The highest BCUT2D eigenvalue weighted by Crippen LogP contribution is 2.30. The monoisotopic (exact) mass is 295 g/mol. The van der Waals surface area contributed by atoms with Crippen molar-refractivity contribution in [3.8, 4) is 0 Å². The number of rotatable bonds is 5. The number of benzene rings is 1. The van der Waals surface area contributed by atoms with Crippen LogP contribution in [0.4, 0.5) is 17.2 Å². The molecule has 4 heteroatoms. The first-order valence-electron chi connectivity index (χ1n) is 7.76. The van der Waals surface area contributed by atoms with Gasteiger partial charge in [0.05, 0.1) is 11.9 Å². The number of anilines is 3. The lowest BCUT2D eigenvalue weighted by Crippen LogP contribution is -2.13. The van der Waals surface area contributed by atoms with E-state index in [9.17, 15) is 4.79 Å². The van der Waals surface area contributed by atoms with Crippen molar-refractivity contribution in [2.45, 2.75) is 32.6 Å². The van der Waals surface area contributed by atoms with Crippen molar-refractivity contribution in [2.24, 2.45) is 5.92 Å². The summed E-state index contributed by atoms with van der Waals surface area (Å²) < 4.78 is 0. The molecule has 4 nitrogen and oxygen atoms in total. The summed E-state index contributed by atoms with van der Waals surface area (Å²) >= 11 is 0. The summed E-state index contributed by atoms with van der Waals surface area (Å²) in [6, 6.07) is 12.0. The fourth-order valence-electron chi connectivity index (χ4n) is 2.38. The van der Waals surface area contributed by atoms with Crippen LogP contribution >= 0.6 is 0 Å². The van der Waals surface area contributed by atoms with Gasteiger partial charge in [0.25, 0.3) is 0 Å². The van der Waals surface area contributed by atoms with E-state index in [2.05, 4.69) is 41.6 Å². The highest BCUT2D eigenvalue weighted by Gasteiger charge is 2.29. The molecule has 114 valence electrons. The molecule has 1 aromatic heterocycles. The van der Waals surface area contributed by atoms with Crippen molar-refractivity contribution in [1.29, 1.82) is 0 Å². The van der Waals surface area contributed by atoms with E-state index in [1.165, 1.54) is 5.56 Å². The van der Waals surface area contributed by atoms with E-state index in [4.69, 9.17) is 0 Å². The van der Waals surface area contributed by atoms with E-state index in [-0.39, 0.29) is 11.8 Å². The first-order chi connectivity index (χ1) is 10.6. The zero-order valence-corrected chi connectivity index (χ0v) is 13.0. The predicted octanol–water partition coefficient (Wildman–Crippen LogP) is 4.30. The number of hydrogen-bond acceptors (Lipinski definition) is 3. The average Bonchev–Trinajstić information content (AvgIpc) is 3.34. The summed E-state index contributed by atoms with van der Waals surface area (Å²) in [6.07, 6.45) is 3.70. The van der Waals surface area contributed by atoms with Crippen molar-refractivity contribution in [1.82, 2.24) is 4.98 Å². The molecule has 0 unspecified atom stereocenters. The molecule has 0 aliphatic heterocycles. The second-order valence-electron chi connectivity index (χ2n) is 6.06. The Hall–Kier alpha value is -2.36. The minimum atomic E-state index is 0.104. The predicted molar refractivity (Wildman–Crippen MR) is 89.4 cm³/mol. The van der Waals surface area contributed by atoms with Gasteiger partial charge in [0.2, 0.25) is 5.91 Å². The molecule has 1 aliphatic carbocycles. The van der Waals surface area contributed by atoms with E-state index >= 15 is 0 Å². The second kappa shape index (κ2) is 6.18. The molecule has 3 rings (SSSR count). The van der Waals surface area contributed by atoms with Gasteiger partial charge < -0.3 is 10.6 Å². The Morgan fingerprint density at radius 3 is 2.59 bits per heavy atom. The van der Waals surface area contributed by atoms with Gasteiger partial charge in [-0.25, -0.2) is 4.98 Å². The van der Waals surface area contributed by atoms with Gasteiger partial charge in [-0.3, -0.25) is 4.79 Å². The van der Waals surface area contributed by atoms with E-state index in [1.807, 2.05) is 24.3 Å². The van der Waals surface area contributed by atoms with Crippen LogP contribution in [0.5, 0.6) is 0 Å². The number of nitrogens with zero attached hydrogens (tertiary/aromatic N) is 1. The fourth-order valence-corrected chi connectivity index (χ4v) is 2.38. The molecule has 1 amide bonds. The molecule has 22 heavy (non-hydrogen) atoms. The third-order valence-corrected chi connectivity index (χ3v) is 3.82. The number of para-hydroxylation sites is 1. The molecule has 2 N–H and O–H groups in total. The van der Waals surface area contributed by atoms with E-state index in [1.54, 1.807) is 6.20 Å². The molecule has 0 radical (unpaired) electrons. The van der Waals surface area contributed by atoms with Crippen molar-refractivity contribution in [3.05, 3.63) is 48.2 Å². The summed E-state index contributed by atoms with van der Waals surface area (Å²) in [5, 5.41) is 6.24. The van der Waals surface area contributed by atoms with E-state index in [0.29, 0.717) is 5.92 Å². The lowest BCUT2D eigenvalue weighted by molar-refractivity contribution is -0.117. The normalized spacial score (nSPS) is 14.0. The Bertz CT molecular complexity index is 660. The number of aromatic nitrogens is 1. The molecular weight excluding hydrogens is 274 g/mol. The lowest BCUT2D eigenvalue weighted by Gasteiger charge is -2.14. The molecule has 1 aliphatic rings. The summed E-state index contributed by atoms with van der Waals surface area (Å²) in [7, 11) is 0. The molecule has 0 atom stereocenters. The molecular formula is C18H21N3O. The summed E-state index contributed by atoms with van der Waals surface area (Å²) in [4.78, 5) is 16.1. The van der Waals surface area contributed by atoms with Crippen LogP contribution in [0.3, 0.4) is 0 Å². The number of nitrogens with one attached hydrogen (secondary N) is 2. The SMILES string of the molecule is CC(C)c1ccccc1Nc1ccc(NC(=O)C2CC2)cn1. The summed E-state index contributed by atoms with van der Waals surface area (Å²) in [5.74, 6) is 1.53. The van der Waals surface area contributed by atoms with Gasteiger partial charge in [-0.15, -0.1) is 0 Å². The topological polar surface area (TPSA) is 54.0 Å². The molecule has 1 aromatic carbocycles. The van der Waals surface area contributed by atoms with Crippen LogP contribution in [-0.2, 0) is 4.79 Å². The molecule has 1 fully saturated rings. The number of carbonyl (C=O) groups excluding carboxylic acids is 1. The highest BCUT2D eigenvalue weighted by atomic mass is 16.2. The Balaban J connectivity index is 1.69. The van der Waals surface area contributed by atoms with Gasteiger partial charge >= 0.3 is 0 Å². The van der Waals surface area contributed by atoms with Crippen molar-refractivity contribution < 1.29 is 4.79 Å². The molecule has 2 aromatic rings.